The van der Waals surface area contributed by atoms with Crippen molar-refractivity contribution in [2.75, 3.05) is 7.11 Å². The van der Waals surface area contributed by atoms with Crippen LogP contribution in [0.5, 0.6) is 5.75 Å². The highest BCUT2D eigenvalue weighted by Gasteiger charge is 2.67. The van der Waals surface area contributed by atoms with Crippen molar-refractivity contribution < 1.29 is 28.3 Å². The zero-order chi connectivity index (χ0) is 18.9. The highest BCUT2D eigenvalue weighted by molar-refractivity contribution is 6.45. The summed E-state index contributed by atoms with van der Waals surface area (Å²) >= 11 is 0. The molecule has 0 radical (unpaired) electrons. The molecule has 1 aromatic rings. The third-order valence-corrected chi connectivity index (χ3v) is 6.95. The van der Waals surface area contributed by atoms with Gasteiger partial charge in [-0.25, -0.2) is 9.18 Å². The molecule has 0 amide bonds. The van der Waals surface area contributed by atoms with Crippen molar-refractivity contribution in [1.29, 1.82) is 0 Å². The second-order valence-corrected chi connectivity index (χ2v) is 8.55. The highest BCUT2D eigenvalue weighted by Crippen LogP contribution is 2.65. The SMILES string of the molecule is COc1c(CB2OC3CC4CC(C4(C)C)[C@]3(C)O2)cc(F)cc1C(=O)O. The number of benzene rings is 1. The Kier molecular flexibility index (Phi) is 3.90. The van der Waals surface area contributed by atoms with Crippen LogP contribution in [0, 0.1) is 23.1 Å². The third-order valence-electron chi connectivity index (χ3n) is 6.95. The summed E-state index contributed by atoms with van der Waals surface area (Å²) in [6.45, 7) is 6.70. The van der Waals surface area contributed by atoms with Gasteiger partial charge in [-0.15, -0.1) is 0 Å². The largest absolute Gasteiger partial charge is 0.496 e. The van der Waals surface area contributed by atoms with Crippen LogP contribution in [0.1, 0.15) is 49.5 Å². The van der Waals surface area contributed by atoms with Crippen LogP contribution in [0.3, 0.4) is 0 Å². The smallest absolute Gasteiger partial charge is 0.462 e. The summed E-state index contributed by atoms with van der Waals surface area (Å²) in [5, 5.41) is 9.30. The molecule has 1 aromatic carbocycles. The quantitative estimate of drug-likeness (QED) is 0.833. The molecule has 5 nitrogen and oxygen atoms in total. The van der Waals surface area contributed by atoms with E-state index in [2.05, 4.69) is 20.8 Å². The molecule has 4 aliphatic rings. The van der Waals surface area contributed by atoms with Crippen LogP contribution in [0.25, 0.3) is 0 Å². The van der Waals surface area contributed by atoms with Crippen LogP contribution in [0.2, 0.25) is 0 Å². The molecule has 26 heavy (non-hydrogen) atoms. The number of halogens is 1. The molecule has 2 bridgehead atoms. The maximum Gasteiger partial charge on any atom is 0.462 e. The molecule has 3 saturated carbocycles. The summed E-state index contributed by atoms with van der Waals surface area (Å²) in [5.74, 6) is -0.582. The number of carboxylic acids is 1. The fourth-order valence-electron chi connectivity index (χ4n) is 5.42. The Morgan fingerprint density at radius 3 is 2.73 bits per heavy atom. The molecule has 1 N–H and O–H groups in total. The average molecular weight is 362 g/mol. The number of methoxy groups -OCH3 is 1. The van der Waals surface area contributed by atoms with E-state index in [0.29, 0.717) is 17.4 Å². The van der Waals surface area contributed by atoms with E-state index in [9.17, 15) is 14.3 Å². The Labute approximate surface area is 153 Å². The lowest BCUT2D eigenvalue weighted by Gasteiger charge is -2.64. The standard InChI is InChI=1S/C19H24BFO5/c1-18(2)11-6-14(18)19(3)15(7-11)25-20(26-19)9-10-5-12(21)8-13(17(22)23)16(10)24-4/h5,8,11,14-15H,6-7,9H2,1-4H3,(H,22,23)/t11?,14?,15?,19-/m0/s1. The van der Waals surface area contributed by atoms with E-state index in [-0.39, 0.29) is 34.8 Å². The van der Waals surface area contributed by atoms with Gasteiger partial charge in [0.2, 0.25) is 0 Å². The first-order valence-electron chi connectivity index (χ1n) is 9.09. The Balaban J connectivity index is 1.59. The molecule has 140 valence electrons. The summed E-state index contributed by atoms with van der Waals surface area (Å²) in [7, 11) is 0.857. The van der Waals surface area contributed by atoms with E-state index >= 15 is 0 Å². The highest BCUT2D eigenvalue weighted by atomic mass is 19.1. The molecular weight excluding hydrogens is 338 g/mol. The van der Waals surface area contributed by atoms with Crippen molar-refractivity contribution in [3.05, 3.63) is 29.1 Å². The summed E-state index contributed by atoms with van der Waals surface area (Å²) in [5.41, 5.74) is 0.159. The number of hydrogen-bond donors (Lipinski definition) is 1. The summed E-state index contributed by atoms with van der Waals surface area (Å²) in [4.78, 5) is 11.4. The van der Waals surface area contributed by atoms with E-state index in [4.69, 9.17) is 14.0 Å². The van der Waals surface area contributed by atoms with Gasteiger partial charge in [-0.1, -0.05) is 13.8 Å². The summed E-state index contributed by atoms with van der Waals surface area (Å²) < 4.78 is 31.7. The average Bonchev–Trinajstić information content (AvgIpc) is 2.89. The lowest BCUT2D eigenvalue weighted by Crippen LogP contribution is -2.65. The van der Waals surface area contributed by atoms with Gasteiger partial charge in [0.25, 0.3) is 0 Å². The molecule has 0 aromatic heterocycles. The second-order valence-electron chi connectivity index (χ2n) is 8.55. The van der Waals surface area contributed by atoms with Gasteiger partial charge in [0.15, 0.2) is 0 Å². The first-order chi connectivity index (χ1) is 12.2. The Morgan fingerprint density at radius 1 is 1.38 bits per heavy atom. The predicted octanol–water partition coefficient (Wildman–Crippen LogP) is 3.34. The number of hydrogen-bond acceptors (Lipinski definition) is 4. The fourth-order valence-corrected chi connectivity index (χ4v) is 5.42. The zero-order valence-electron chi connectivity index (χ0n) is 15.5. The molecule has 5 rings (SSSR count). The number of aromatic carboxylic acids is 1. The van der Waals surface area contributed by atoms with Crippen molar-refractivity contribution in [1.82, 2.24) is 0 Å². The Hall–Kier alpha value is -1.60. The first kappa shape index (κ1) is 17.8. The van der Waals surface area contributed by atoms with Gasteiger partial charge in [-0.2, -0.15) is 0 Å². The van der Waals surface area contributed by atoms with Gasteiger partial charge in [0, 0.05) is 6.32 Å². The molecule has 1 saturated heterocycles. The Morgan fingerprint density at radius 2 is 2.12 bits per heavy atom. The molecule has 1 aliphatic heterocycles. The van der Waals surface area contributed by atoms with Crippen molar-refractivity contribution in [2.24, 2.45) is 17.3 Å². The number of rotatable bonds is 4. The minimum Gasteiger partial charge on any atom is -0.496 e. The van der Waals surface area contributed by atoms with Gasteiger partial charge < -0.3 is 19.2 Å². The minimum absolute atomic E-state index is 0.0303. The number of carbonyl (C=O) groups is 1. The number of carboxylic acid groups (broad SMARTS) is 1. The fraction of sp³-hybridized carbons (Fsp3) is 0.632. The first-order valence-corrected chi connectivity index (χ1v) is 9.09. The topological polar surface area (TPSA) is 65.0 Å². The van der Waals surface area contributed by atoms with Crippen LogP contribution < -0.4 is 4.74 Å². The van der Waals surface area contributed by atoms with Crippen molar-refractivity contribution in [3.63, 3.8) is 0 Å². The molecule has 4 atom stereocenters. The van der Waals surface area contributed by atoms with E-state index in [1.807, 2.05) is 0 Å². The van der Waals surface area contributed by atoms with Gasteiger partial charge >= 0.3 is 13.1 Å². The molecule has 4 fully saturated rings. The summed E-state index contributed by atoms with van der Waals surface area (Å²) in [6.07, 6.45) is 2.41. The van der Waals surface area contributed by atoms with Crippen LogP contribution in [-0.4, -0.2) is 37.0 Å². The van der Waals surface area contributed by atoms with E-state index in [0.717, 1.165) is 18.9 Å². The van der Waals surface area contributed by atoms with Crippen LogP contribution in [-0.2, 0) is 15.6 Å². The van der Waals surface area contributed by atoms with E-state index in [1.165, 1.54) is 13.2 Å². The molecule has 7 heteroatoms. The van der Waals surface area contributed by atoms with Crippen LogP contribution in [0.4, 0.5) is 4.39 Å². The van der Waals surface area contributed by atoms with Crippen LogP contribution >= 0.6 is 0 Å². The normalized spacial score (nSPS) is 34.2. The molecule has 1 heterocycles. The maximum atomic E-state index is 13.9. The second kappa shape index (κ2) is 5.70. The van der Waals surface area contributed by atoms with Crippen molar-refractivity contribution in [2.45, 2.75) is 51.6 Å². The molecule has 3 aliphatic carbocycles. The van der Waals surface area contributed by atoms with Gasteiger partial charge in [-0.05, 0) is 54.7 Å². The van der Waals surface area contributed by atoms with Crippen LogP contribution in [0.15, 0.2) is 12.1 Å². The van der Waals surface area contributed by atoms with E-state index < -0.39 is 18.9 Å². The lowest BCUT2D eigenvalue weighted by molar-refractivity contribution is -0.199. The third kappa shape index (κ3) is 2.40. The van der Waals surface area contributed by atoms with Gasteiger partial charge in [0.1, 0.15) is 17.1 Å². The van der Waals surface area contributed by atoms with Crippen molar-refractivity contribution in [3.8, 4) is 5.75 Å². The van der Waals surface area contributed by atoms with Crippen molar-refractivity contribution >= 4 is 13.1 Å². The lowest BCUT2D eigenvalue weighted by atomic mass is 9.43. The number of ether oxygens (including phenoxy) is 1. The van der Waals surface area contributed by atoms with Gasteiger partial charge in [0.05, 0.1) is 18.8 Å². The summed E-state index contributed by atoms with van der Waals surface area (Å²) in [6, 6.07) is 2.27. The monoisotopic (exact) mass is 362 g/mol. The molecule has 0 spiro atoms. The van der Waals surface area contributed by atoms with Gasteiger partial charge in [-0.3, -0.25) is 0 Å². The van der Waals surface area contributed by atoms with E-state index in [1.54, 1.807) is 0 Å². The maximum absolute atomic E-state index is 13.9. The Bertz CT molecular complexity index is 767. The predicted molar refractivity (Wildman–Crippen MR) is 93.7 cm³/mol. The minimum atomic E-state index is -1.22. The molecular formula is C19H24BFO5. The zero-order valence-corrected chi connectivity index (χ0v) is 15.5. The molecule has 3 unspecified atom stereocenters.